The predicted molar refractivity (Wildman–Crippen MR) is 66.0 cm³/mol. The van der Waals surface area contributed by atoms with E-state index in [4.69, 9.17) is 9.84 Å². The minimum atomic E-state index is -1.10. The van der Waals surface area contributed by atoms with E-state index in [9.17, 15) is 9.59 Å². The van der Waals surface area contributed by atoms with Crippen LogP contribution >= 0.6 is 0 Å². The summed E-state index contributed by atoms with van der Waals surface area (Å²) in [5, 5.41) is 11.5. The molecule has 1 atom stereocenters. The molecule has 2 N–H and O–H groups in total. The van der Waals surface area contributed by atoms with Gasteiger partial charge in [-0.2, -0.15) is 0 Å². The minimum absolute atomic E-state index is 0.0734. The standard InChI is InChI=1S/C13H17NO4/c1-9(2)18-8-11(15)14-12(13(16)17)10-6-4-3-5-7-10/h3-7,9,12H,8H2,1-2H3,(H,14,15)(H,16,17). The molecule has 1 unspecified atom stereocenters. The van der Waals surface area contributed by atoms with Gasteiger partial charge in [0.15, 0.2) is 6.04 Å². The van der Waals surface area contributed by atoms with Gasteiger partial charge in [0.1, 0.15) is 6.61 Å². The molecule has 0 heterocycles. The summed E-state index contributed by atoms with van der Waals surface area (Å²) in [5.41, 5.74) is 0.530. The van der Waals surface area contributed by atoms with Crippen molar-refractivity contribution in [3.05, 3.63) is 35.9 Å². The molecule has 0 aliphatic heterocycles. The second kappa shape index (κ2) is 6.76. The average Bonchev–Trinajstić information content (AvgIpc) is 2.34. The van der Waals surface area contributed by atoms with Crippen molar-refractivity contribution >= 4 is 11.9 Å². The molecule has 0 saturated carbocycles. The Bertz CT molecular complexity index is 403. The van der Waals surface area contributed by atoms with Gasteiger partial charge in [-0.1, -0.05) is 30.3 Å². The third-order valence-corrected chi connectivity index (χ3v) is 2.23. The zero-order valence-corrected chi connectivity index (χ0v) is 10.4. The van der Waals surface area contributed by atoms with Crippen molar-refractivity contribution in [1.82, 2.24) is 5.32 Å². The molecule has 1 aromatic rings. The number of amides is 1. The Hall–Kier alpha value is -1.88. The van der Waals surface area contributed by atoms with Crippen molar-refractivity contribution < 1.29 is 19.4 Å². The molecule has 0 radical (unpaired) electrons. The monoisotopic (exact) mass is 251 g/mol. The van der Waals surface area contributed by atoms with Crippen LogP contribution in [-0.4, -0.2) is 29.7 Å². The summed E-state index contributed by atoms with van der Waals surface area (Å²) in [4.78, 5) is 22.7. The summed E-state index contributed by atoms with van der Waals surface area (Å²) >= 11 is 0. The van der Waals surface area contributed by atoms with E-state index in [0.717, 1.165) is 0 Å². The van der Waals surface area contributed by atoms with Gasteiger partial charge in [0.2, 0.25) is 5.91 Å². The Morgan fingerprint density at radius 3 is 2.39 bits per heavy atom. The SMILES string of the molecule is CC(C)OCC(=O)NC(C(=O)O)c1ccccc1. The Morgan fingerprint density at radius 2 is 1.89 bits per heavy atom. The maximum absolute atomic E-state index is 11.5. The van der Waals surface area contributed by atoms with Crippen LogP contribution in [-0.2, 0) is 14.3 Å². The van der Waals surface area contributed by atoms with Crippen LogP contribution in [0.4, 0.5) is 0 Å². The first-order valence-electron chi connectivity index (χ1n) is 5.69. The first kappa shape index (κ1) is 14.2. The van der Waals surface area contributed by atoms with Gasteiger partial charge in [-0.05, 0) is 19.4 Å². The number of carbonyl (C=O) groups excluding carboxylic acids is 1. The number of carboxylic acids is 1. The van der Waals surface area contributed by atoms with Crippen molar-refractivity contribution in [2.24, 2.45) is 0 Å². The van der Waals surface area contributed by atoms with Crippen LogP contribution in [0.25, 0.3) is 0 Å². The summed E-state index contributed by atoms with van der Waals surface area (Å²) < 4.78 is 5.12. The van der Waals surface area contributed by atoms with E-state index < -0.39 is 17.9 Å². The lowest BCUT2D eigenvalue weighted by Crippen LogP contribution is -2.36. The molecule has 1 rings (SSSR count). The van der Waals surface area contributed by atoms with Gasteiger partial charge in [-0.3, -0.25) is 4.79 Å². The molecule has 0 bridgehead atoms. The van der Waals surface area contributed by atoms with Gasteiger partial charge in [-0.15, -0.1) is 0 Å². The average molecular weight is 251 g/mol. The van der Waals surface area contributed by atoms with Gasteiger partial charge in [-0.25, -0.2) is 4.79 Å². The molecule has 5 nitrogen and oxygen atoms in total. The van der Waals surface area contributed by atoms with E-state index in [1.165, 1.54) is 0 Å². The topological polar surface area (TPSA) is 75.6 Å². The number of hydrogen-bond donors (Lipinski definition) is 2. The molecular formula is C13H17NO4. The van der Waals surface area contributed by atoms with Gasteiger partial charge in [0.05, 0.1) is 6.10 Å². The smallest absolute Gasteiger partial charge is 0.330 e. The van der Waals surface area contributed by atoms with Gasteiger partial charge >= 0.3 is 5.97 Å². The van der Waals surface area contributed by atoms with Crippen molar-refractivity contribution in [1.29, 1.82) is 0 Å². The van der Waals surface area contributed by atoms with Gasteiger partial charge < -0.3 is 15.2 Å². The Kier molecular flexibility index (Phi) is 5.32. The maximum Gasteiger partial charge on any atom is 0.330 e. The van der Waals surface area contributed by atoms with E-state index in [-0.39, 0.29) is 12.7 Å². The number of aliphatic carboxylic acids is 1. The lowest BCUT2D eigenvalue weighted by molar-refractivity contribution is -0.143. The van der Waals surface area contributed by atoms with E-state index in [2.05, 4.69) is 5.32 Å². The van der Waals surface area contributed by atoms with Crippen LogP contribution in [0.2, 0.25) is 0 Å². The van der Waals surface area contributed by atoms with E-state index in [1.807, 2.05) is 0 Å². The van der Waals surface area contributed by atoms with E-state index in [0.29, 0.717) is 5.56 Å². The lowest BCUT2D eigenvalue weighted by Gasteiger charge is -2.15. The Morgan fingerprint density at radius 1 is 1.28 bits per heavy atom. The molecular weight excluding hydrogens is 234 g/mol. The molecule has 18 heavy (non-hydrogen) atoms. The Labute approximate surface area is 106 Å². The zero-order chi connectivity index (χ0) is 13.5. The number of carbonyl (C=O) groups is 2. The molecule has 0 fully saturated rings. The molecule has 0 aliphatic rings. The number of rotatable bonds is 6. The fourth-order valence-corrected chi connectivity index (χ4v) is 1.38. The third-order valence-electron chi connectivity index (χ3n) is 2.23. The second-order valence-corrected chi connectivity index (χ2v) is 4.11. The Balaban J connectivity index is 2.65. The van der Waals surface area contributed by atoms with Crippen molar-refractivity contribution in [2.45, 2.75) is 26.0 Å². The molecule has 0 saturated heterocycles. The highest BCUT2D eigenvalue weighted by Gasteiger charge is 2.21. The second-order valence-electron chi connectivity index (χ2n) is 4.11. The van der Waals surface area contributed by atoms with Crippen LogP contribution in [0.5, 0.6) is 0 Å². The van der Waals surface area contributed by atoms with Crippen molar-refractivity contribution in [2.75, 3.05) is 6.61 Å². The maximum atomic E-state index is 11.5. The fourth-order valence-electron chi connectivity index (χ4n) is 1.38. The normalized spacial score (nSPS) is 12.2. The highest BCUT2D eigenvalue weighted by Crippen LogP contribution is 2.12. The summed E-state index contributed by atoms with van der Waals surface area (Å²) in [6.45, 7) is 3.46. The third kappa shape index (κ3) is 4.55. The summed E-state index contributed by atoms with van der Waals surface area (Å²) in [5.74, 6) is -1.54. The van der Waals surface area contributed by atoms with Crippen molar-refractivity contribution in [3.63, 3.8) is 0 Å². The van der Waals surface area contributed by atoms with Gasteiger partial charge in [0, 0.05) is 0 Å². The van der Waals surface area contributed by atoms with Crippen LogP contribution in [0, 0.1) is 0 Å². The van der Waals surface area contributed by atoms with Crippen LogP contribution in [0.3, 0.4) is 0 Å². The molecule has 1 amide bonds. The molecule has 98 valence electrons. The highest BCUT2D eigenvalue weighted by atomic mass is 16.5. The molecule has 1 aromatic carbocycles. The number of benzene rings is 1. The minimum Gasteiger partial charge on any atom is -0.479 e. The quantitative estimate of drug-likeness (QED) is 0.800. The summed E-state index contributed by atoms with van der Waals surface area (Å²) in [6, 6.07) is 7.50. The zero-order valence-electron chi connectivity index (χ0n) is 10.4. The predicted octanol–water partition coefficient (Wildman–Crippen LogP) is 1.35. The van der Waals surface area contributed by atoms with Crippen LogP contribution < -0.4 is 5.32 Å². The summed E-state index contributed by atoms with van der Waals surface area (Å²) in [6.07, 6.45) is -0.0734. The van der Waals surface area contributed by atoms with E-state index >= 15 is 0 Å². The van der Waals surface area contributed by atoms with Crippen molar-refractivity contribution in [3.8, 4) is 0 Å². The largest absolute Gasteiger partial charge is 0.479 e. The molecule has 5 heteroatoms. The lowest BCUT2D eigenvalue weighted by atomic mass is 10.1. The first-order valence-corrected chi connectivity index (χ1v) is 5.69. The number of hydrogen-bond acceptors (Lipinski definition) is 3. The molecule has 0 spiro atoms. The number of nitrogens with one attached hydrogen (secondary N) is 1. The first-order chi connectivity index (χ1) is 8.50. The van der Waals surface area contributed by atoms with Crippen LogP contribution in [0.15, 0.2) is 30.3 Å². The molecule has 0 aliphatic carbocycles. The highest BCUT2D eigenvalue weighted by molar-refractivity contribution is 5.85. The van der Waals surface area contributed by atoms with Crippen LogP contribution in [0.1, 0.15) is 25.5 Å². The van der Waals surface area contributed by atoms with Gasteiger partial charge in [0.25, 0.3) is 0 Å². The number of carboxylic acid groups (broad SMARTS) is 1. The van der Waals surface area contributed by atoms with E-state index in [1.54, 1.807) is 44.2 Å². The number of ether oxygens (including phenoxy) is 1. The fraction of sp³-hybridized carbons (Fsp3) is 0.385. The molecule has 0 aromatic heterocycles. The summed E-state index contributed by atoms with van der Waals surface area (Å²) in [7, 11) is 0.